The molecule has 0 amide bonds. The number of rotatable bonds is 5. The lowest BCUT2D eigenvalue weighted by Crippen LogP contribution is -2.08. The molecular formula is C12H13FOS. The topological polar surface area (TPSA) is 20.2 Å². The standard InChI is InChI=1S/C12H13FOS/c1-2-3-6-11(14)9-15-12-7-4-5-10(13)8-12/h1,4-5,7-8,11,14H,3,6,9H2. The lowest BCUT2D eigenvalue weighted by molar-refractivity contribution is 0.191. The van der Waals surface area contributed by atoms with E-state index in [0.29, 0.717) is 18.6 Å². The smallest absolute Gasteiger partial charge is 0.124 e. The lowest BCUT2D eigenvalue weighted by atomic mass is 10.2. The minimum Gasteiger partial charge on any atom is -0.392 e. The van der Waals surface area contributed by atoms with Gasteiger partial charge in [0.2, 0.25) is 0 Å². The fraction of sp³-hybridized carbons (Fsp3) is 0.333. The average Bonchev–Trinajstić information content (AvgIpc) is 2.23. The maximum atomic E-state index is 12.8. The van der Waals surface area contributed by atoms with Gasteiger partial charge in [-0.25, -0.2) is 4.39 Å². The molecule has 80 valence electrons. The Hall–Kier alpha value is -0.980. The van der Waals surface area contributed by atoms with Crippen LogP contribution >= 0.6 is 11.8 Å². The van der Waals surface area contributed by atoms with Crippen molar-refractivity contribution >= 4 is 11.8 Å². The first kappa shape index (κ1) is 12.1. The van der Waals surface area contributed by atoms with Crippen LogP contribution in [0.3, 0.4) is 0 Å². The van der Waals surface area contributed by atoms with Crippen LogP contribution in [0, 0.1) is 18.2 Å². The fourth-order valence-electron chi connectivity index (χ4n) is 1.08. The zero-order chi connectivity index (χ0) is 11.1. The Balaban J connectivity index is 2.34. The van der Waals surface area contributed by atoms with Crippen LogP contribution in [0.1, 0.15) is 12.8 Å². The molecule has 0 fully saturated rings. The molecule has 15 heavy (non-hydrogen) atoms. The van der Waals surface area contributed by atoms with E-state index in [-0.39, 0.29) is 5.82 Å². The van der Waals surface area contributed by atoms with Crippen molar-refractivity contribution in [1.29, 1.82) is 0 Å². The molecule has 0 saturated carbocycles. The summed E-state index contributed by atoms with van der Waals surface area (Å²) in [6, 6.07) is 6.34. The zero-order valence-electron chi connectivity index (χ0n) is 8.32. The van der Waals surface area contributed by atoms with Gasteiger partial charge in [0.05, 0.1) is 6.10 Å². The number of aliphatic hydroxyl groups is 1. The number of hydrogen-bond acceptors (Lipinski definition) is 2. The largest absolute Gasteiger partial charge is 0.392 e. The summed E-state index contributed by atoms with van der Waals surface area (Å²) in [7, 11) is 0. The molecule has 0 saturated heterocycles. The van der Waals surface area contributed by atoms with Gasteiger partial charge in [0.1, 0.15) is 5.82 Å². The van der Waals surface area contributed by atoms with Gasteiger partial charge in [0.25, 0.3) is 0 Å². The Bertz CT molecular complexity index is 346. The van der Waals surface area contributed by atoms with Gasteiger partial charge in [-0.1, -0.05) is 6.07 Å². The molecule has 0 aliphatic rings. The van der Waals surface area contributed by atoms with Gasteiger partial charge in [-0.3, -0.25) is 0 Å². The van der Waals surface area contributed by atoms with Crippen LogP contribution in [0.15, 0.2) is 29.2 Å². The monoisotopic (exact) mass is 224 g/mol. The molecule has 0 heterocycles. The quantitative estimate of drug-likeness (QED) is 0.613. The molecule has 1 rings (SSSR count). The molecule has 0 aromatic heterocycles. The maximum Gasteiger partial charge on any atom is 0.124 e. The number of terminal acetylenes is 1. The minimum atomic E-state index is -0.422. The van der Waals surface area contributed by atoms with E-state index in [9.17, 15) is 9.50 Å². The van der Waals surface area contributed by atoms with E-state index in [1.54, 1.807) is 6.07 Å². The third-order valence-corrected chi connectivity index (χ3v) is 3.00. The third kappa shape index (κ3) is 4.87. The normalized spacial score (nSPS) is 12.1. The van der Waals surface area contributed by atoms with Crippen LogP contribution in [-0.4, -0.2) is 17.0 Å². The molecule has 3 heteroatoms. The molecule has 1 atom stereocenters. The molecule has 1 aromatic rings. The maximum absolute atomic E-state index is 12.8. The van der Waals surface area contributed by atoms with E-state index in [4.69, 9.17) is 6.42 Å². The van der Waals surface area contributed by atoms with Crippen molar-refractivity contribution in [3.63, 3.8) is 0 Å². The first-order chi connectivity index (χ1) is 7.22. The Kier molecular flexibility index (Phi) is 5.23. The molecule has 0 aliphatic heterocycles. The van der Waals surface area contributed by atoms with Gasteiger partial charge in [0, 0.05) is 17.1 Å². The predicted molar refractivity (Wildman–Crippen MR) is 61.2 cm³/mol. The van der Waals surface area contributed by atoms with E-state index in [2.05, 4.69) is 5.92 Å². The van der Waals surface area contributed by atoms with Crippen LogP contribution < -0.4 is 0 Å². The van der Waals surface area contributed by atoms with Gasteiger partial charge >= 0.3 is 0 Å². The molecule has 0 bridgehead atoms. The van der Waals surface area contributed by atoms with Crippen molar-refractivity contribution in [2.45, 2.75) is 23.8 Å². The Morgan fingerprint density at radius 2 is 2.33 bits per heavy atom. The van der Waals surface area contributed by atoms with Crippen molar-refractivity contribution in [3.8, 4) is 12.3 Å². The van der Waals surface area contributed by atoms with Crippen LogP contribution in [0.5, 0.6) is 0 Å². The second-order valence-corrected chi connectivity index (χ2v) is 4.26. The SMILES string of the molecule is C#CCCC(O)CSc1cccc(F)c1. The van der Waals surface area contributed by atoms with Gasteiger partial charge in [-0.05, 0) is 24.6 Å². The summed E-state index contributed by atoms with van der Waals surface area (Å²) < 4.78 is 12.8. The molecule has 1 nitrogen and oxygen atoms in total. The average molecular weight is 224 g/mol. The zero-order valence-corrected chi connectivity index (χ0v) is 9.14. The highest BCUT2D eigenvalue weighted by Gasteiger charge is 2.04. The number of halogens is 1. The summed E-state index contributed by atoms with van der Waals surface area (Å²) in [5.41, 5.74) is 0. The van der Waals surface area contributed by atoms with E-state index in [0.717, 1.165) is 4.90 Å². The molecule has 0 aliphatic carbocycles. The summed E-state index contributed by atoms with van der Waals surface area (Å²) in [6.45, 7) is 0. The minimum absolute atomic E-state index is 0.252. The van der Waals surface area contributed by atoms with Crippen molar-refractivity contribution < 1.29 is 9.50 Å². The van der Waals surface area contributed by atoms with E-state index in [1.165, 1.54) is 23.9 Å². The highest BCUT2D eigenvalue weighted by atomic mass is 32.2. The number of benzene rings is 1. The summed E-state index contributed by atoms with van der Waals surface area (Å²) in [6.07, 6.45) is 5.83. The van der Waals surface area contributed by atoms with Crippen LogP contribution in [0.25, 0.3) is 0 Å². The highest BCUT2D eigenvalue weighted by Crippen LogP contribution is 2.20. The molecule has 0 spiro atoms. The molecule has 1 unspecified atom stereocenters. The predicted octanol–water partition coefficient (Wildman–Crippen LogP) is 2.69. The molecule has 1 aromatic carbocycles. The summed E-state index contributed by atoms with van der Waals surface area (Å²) in [4.78, 5) is 0.828. The third-order valence-electron chi connectivity index (χ3n) is 1.86. The first-order valence-electron chi connectivity index (χ1n) is 4.72. The number of hydrogen-bond donors (Lipinski definition) is 1. The number of aliphatic hydroxyl groups excluding tert-OH is 1. The Morgan fingerprint density at radius 1 is 1.53 bits per heavy atom. The summed E-state index contributed by atoms with van der Waals surface area (Å²) in [5, 5.41) is 9.50. The second kappa shape index (κ2) is 6.49. The number of thioether (sulfide) groups is 1. The van der Waals surface area contributed by atoms with Crippen molar-refractivity contribution in [1.82, 2.24) is 0 Å². The van der Waals surface area contributed by atoms with E-state index >= 15 is 0 Å². The van der Waals surface area contributed by atoms with E-state index < -0.39 is 6.10 Å². The van der Waals surface area contributed by atoms with Crippen LogP contribution in [-0.2, 0) is 0 Å². The van der Waals surface area contributed by atoms with Gasteiger partial charge in [0.15, 0.2) is 0 Å². The highest BCUT2D eigenvalue weighted by molar-refractivity contribution is 7.99. The summed E-state index contributed by atoms with van der Waals surface area (Å²) in [5.74, 6) is 2.77. The lowest BCUT2D eigenvalue weighted by Gasteiger charge is -2.07. The Labute approximate surface area is 93.7 Å². The van der Waals surface area contributed by atoms with Gasteiger partial charge in [-0.15, -0.1) is 24.1 Å². The van der Waals surface area contributed by atoms with Crippen molar-refractivity contribution in [2.24, 2.45) is 0 Å². The fourth-order valence-corrected chi connectivity index (χ4v) is 2.00. The molecular weight excluding hydrogens is 211 g/mol. The van der Waals surface area contributed by atoms with E-state index in [1.807, 2.05) is 6.07 Å². The first-order valence-corrected chi connectivity index (χ1v) is 5.71. The molecule has 1 N–H and O–H groups in total. The Morgan fingerprint density at radius 3 is 3.00 bits per heavy atom. The van der Waals surface area contributed by atoms with Crippen molar-refractivity contribution in [2.75, 3.05) is 5.75 Å². The van der Waals surface area contributed by atoms with Crippen molar-refractivity contribution in [3.05, 3.63) is 30.1 Å². The molecule has 0 radical (unpaired) electrons. The van der Waals surface area contributed by atoms with Gasteiger partial charge < -0.3 is 5.11 Å². The van der Waals surface area contributed by atoms with Gasteiger partial charge in [-0.2, -0.15) is 0 Å². The van der Waals surface area contributed by atoms with Crippen LogP contribution in [0.4, 0.5) is 4.39 Å². The summed E-state index contributed by atoms with van der Waals surface area (Å²) >= 11 is 1.43. The second-order valence-electron chi connectivity index (χ2n) is 3.17. The van der Waals surface area contributed by atoms with Crippen LogP contribution in [0.2, 0.25) is 0 Å².